The second-order valence-electron chi connectivity index (χ2n) is 5.58. The van der Waals surface area contributed by atoms with Crippen LogP contribution >= 0.6 is 0 Å². The molecule has 0 aromatic carbocycles. The van der Waals surface area contributed by atoms with Gasteiger partial charge in [0.25, 0.3) is 5.91 Å². The minimum Gasteiger partial charge on any atom is -0.436 e. The normalized spacial score (nSPS) is 24.3. The van der Waals surface area contributed by atoms with Gasteiger partial charge in [0.2, 0.25) is 5.76 Å². The first-order chi connectivity index (χ1) is 9.15. The summed E-state index contributed by atoms with van der Waals surface area (Å²) in [5, 5.41) is 0. The van der Waals surface area contributed by atoms with Crippen LogP contribution in [0.4, 0.5) is 0 Å². The van der Waals surface area contributed by atoms with Crippen molar-refractivity contribution in [1.82, 2.24) is 14.8 Å². The highest BCUT2D eigenvalue weighted by Gasteiger charge is 2.33. The summed E-state index contributed by atoms with van der Waals surface area (Å²) in [6.07, 6.45) is 3.67. The fourth-order valence-electron chi connectivity index (χ4n) is 3.20. The summed E-state index contributed by atoms with van der Waals surface area (Å²) >= 11 is 0. The minimum absolute atomic E-state index is 0.000188. The smallest absolute Gasteiger partial charge is 0.291 e. The maximum atomic E-state index is 12.4. The van der Waals surface area contributed by atoms with Gasteiger partial charge in [0.15, 0.2) is 5.89 Å². The zero-order valence-electron chi connectivity index (χ0n) is 11.7. The predicted molar refractivity (Wildman–Crippen MR) is 71.1 cm³/mol. The molecule has 19 heavy (non-hydrogen) atoms. The van der Waals surface area contributed by atoms with Crippen molar-refractivity contribution in [3.8, 4) is 0 Å². The van der Waals surface area contributed by atoms with Crippen LogP contribution in [-0.4, -0.2) is 52.9 Å². The lowest BCUT2D eigenvalue weighted by Gasteiger charge is -2.23. The molecule has 1 amide bonds. The van der Waals surface area contributed by atoms with E-state index in [1.54, 1.807) is 6.92 Å². The summed E-state index contributed by atoms with van der Waals surface area (Å²) in [6.45, 7) is 7.65. The first-order valence-electron chi connectivity index (χ1n) is 7.12. The molecule has 1 unspecified atom stereocenters. The van der Waals surface area contributed by atoms with Crippen LogP contribution in [0.5, 0.6) is 0 Å². The van der Waals surface area contributed by atoms with E-state index < -0.39 is 0 Å². The fourth-order valence-corrected chi connectivity index (χ4v) is 3.20. The van der Waals surface area contributed by atoms with E-state index in [1.165, 1.54) is 25.9 Å². The second kappa shape index (κ2) is 4.96. The van der Waals surface area contributed by atoms with Gasteiger partial charge in [0, 0.05) is 26.1 Å². The molecule has 3 heterocycles. The van der Waals surface area contributed by atoms with Crippen LogP contribution in [0.25, 0.3) is 0 Å². The molecule has 104 valence electrons. The zero-order valence-corrected chi connectivity index (χ0v) is 11.7. The number of carbonyl (C=O) groups is 1. The number of nitrogens with zero attached hydrogens (tertiary/aromatic N) is 3. The number of amides is 1. The molecule has 0 saturated carbocycles. The maximum absolute atomic E-state index is 12.4. The third kappa shape index (κ3) is 2.39. The van der Waals surface area contributed by atoms with Gasteiger partial charge in [-0.2, -0.15) is 0 Å². The van der Waals surface area contributed by atoms with E-state index in [0.717, 1.165) is 19.5 Å². The van der Waals surface area contributed by atoms with Crippen molar-refractivity contribution in [2.45, 2.75) is 39.2 Å². The number of rotatable bonds is 2. The Balaban J connectivity index is 1.67. The Labute approximate surface area is 113 Å². The van der Waals surface area contributed by atoms with Crippen molar-refractivity contribution in [1.29, 1.82) is 0 Å². The SMILES string of the molecule is Cc1nc(C)c(C(=O)N2CCC(N3CCCC3)C2)o1. The minimum atomic E-state index is -0.000188. The topological polar surface area (TPSA) is 49.6 Å². The van der Waals surface area contributed by atoms with Gasteiger partial charge in [0.05, 0.1) is 5.69 Å². The molecule has 0 bridgehead atoms. The van der Waals surface area contributed by atoms with Crippen molar-refractivity contribution < 1.29 is 9.21 Å². The Morgan fingerprint density at radius 1 is 1.26 bits per heavy atom. The van der Waals surface area contributed by atoms with Gasteiger partial charge in [-0.3, -0.25) is 9.69 Å². The molecular weight excluding hydrogens is 242 g/mol. The van der Waals surface area contributed by atoms with Crippen molar-refractivity contribution in [3.63, 3.8) is 0 Å². The van der Waals surface area contributed by atoms with Gasteiger partial charge in [-0.05, 0) is 39.3 Å². The van der Waals surface area contributed by atoms with Gasteiger partial charge in [0.1, 0.15) is 0 Å². The molecule has 2 fully saturated rings. The lowest BCUT2D eigenvalue weighted by atomic mass is 10.2. The summed E-state index contributed by atoms with van der Waals surface area (Å²) < 4.78 is 5.43. The molecule has 0 N–H and O–H groups in total. The molecule has 3 rings (SSSR count). The van der Waals surface area contributed by atoms with Crippen LogP contribution in [0.3, 0.4) is 0 Å². The fraction of sp³-hybridized carbons (Fsp3) is 0.714. The molecular formula is C14H21N3O2. The number of aromatic nitrogens is 1. The first-order valence-corrected chi connectivity index (χ1v) is 7.12. The van der Waals surface area contributed by atoms with Gasteiger partial charge < -0.3 is 9.32 Å². The molecule has 5 heteroatoms. The van der Waals surface area contributed by atoms with Crippen LogP contribution in [0.2, 0.25) is 0 Å². The number of hydrogen-bond donors (Lipinski definition) is 0. The Kier molecular flexibility index (Phi) is 3.31. The van der Waals surface area contributed by atoms with Crippen molar-refractivity contribution >= 4 is 5.91 Å². The molecule has 2 aliphatic rings. The van der Waals surface area contributed by atoms with E-state index >= 15 is 0 Å². The lowest BCUT2D eigenvalue weighted by Crippen LogP contribution is -2.37. The highest BCUT2D eigenvalue weighted by Crippen LogP contribution is 2.22. The molecule has 0 aliphatic carbocycles. The van der Waals surface area contributed by atoms with Crippen molar-refractivity contribution in [3.05, 3.63) is 17.3 Å². The van der Waals surface area contributed by atoms with Crippen LogP contribution in [-0.2, 0) is 0 Å². The van der Waals surface area contributed by atoms with E-state index in [1.807, 2.05) is 11.8 Å². The average Bonchev–Trinajstić information content (AvgIpc) is 3.06. The summed E-state index contributed by atoms with van der Waals surface area (Å²) in [4.78, 5) is 21.0. The summed E-state index contributed by atoms with van der Waals surface area (Å²) in [5.74, 6) is 0.982. The molecule has 1 aromatic rings. The largest absolute Gasteiger partial charge is 0.436 e. The maximum Gasteiger partial charge on any atom is 0.291 e. The zero-order chi connectivity index (χ0) is 13.4. The second-order valence-corrected chi connectivity index (χ2v) is 5.58. The van der Waals surface area contributed by atoms with Crippen LogP contribution in [0.1, 0.15) is 41.4 Å². The highest BCUT2D eigenvalue weighted by molar-refractivity contribution is 5.92. The molecule has 5 nitrogen and oxygen atoms in total. The predicted octanol–water partition coefficient (Wildman–Crippen LogP) is 1.60. The molecule has 0 spiro atoms. The molecule has 0 radical (unpaired) electrons. The van der Waals surface area contributed by atoms with Gasteiger partial charge in [-0.25, -0.2) is 4.98 Å². The number of carbonyl (C=O) groups excluding carboxylic acids is 1. The molecule has 2 aliphatic heterocycles. The molecule has 2 saturated heterocycles. The third-order valence-electron chi connectivity index (χ3n) is 4.21. The van der Waals surface area contributed by atoms with Gasteiger partial charge in [-0.1, -0.05) is 0 Å². The van der Waals surface area contributed by atoms with Crippen molar-refractivity contribution in [2.24, 2.45) is 0 Å². The Morgan fingerprint density at radius 3 is 2.63 bits per heavy atom. The summed E-state index contributed by atoms with van der Waals surface area (Å²) in [5.41, 5.74) is 0.701. The van der Waals surface area contributed by atoms with E-state index in [0.29, 0.717) is 23.4 Å². The Morgan fingerprint density at radius 2 is 2.00 bits per heavy atom. The Bertz CT molecular complexity index is 477. The molecule has 1 atom stereocenters. The number of oxazole rings is 1. The van der Waals surface area contributed by atoms with E-state index in [2.05, 4.69) is 9.88 Å². The van der Waals surface area contributed by atoms with Crippen LogP contribution < -0.4 is 0 Å². The highest BCUT2D eigenvalue weighted by atomic mass is 16.4. The van der Waals surface area contributed by atoms with E-state index in [-0.39, 0.29) is 5.91 Å². The van der Waals surface area contributed by atoms with Crippen LogP contribution in [0.15, 0.2) is 4.42 Å². The molecule has 1 aromatic heterocycles. The van der Waals surface area contributed by atoms with Crippen molar-refractivity contribution in [2.75, 3.05) is 26.2 Å². The summed E-state index contributed by atoms with van der Waals surface area (Å²) in [6, 6.07) is 0.538. The standard InChI is InChI=1S/C14H21N3O2/c1-10-13(19-11(2)15-10)14(18)17-8-5-12(9-17)16-6-3-4-7-16/h12H,3-9H2,1-2H3. The lowest BCUT2D eigenvalue weighted by molar-refractivity contribution is 0.0746. The number of likely N-dealkylation sites (tertiary alicyclic amines) is 2. The van der Waals surface area contributed by atoms with Gasteiger partial charge in [-0.15, -0.1) is 0 Å². The van der Waals surface area contributed by atoms with E-state index in [4.69, 9.17) is 4.42 Å². The monoisotopic (exact) mass is 263 g/mol. The van der Waals surface area contributed by atoms with Gasteiger partial charge >= 0.3 is 0 Å². The third-order valence-corrected chi connectivity index (χ3v) is 4.21. The average molecular weight is 263 g/mol. The van der Waals surface area contributed by atoms with E-state index in [9.17, 15) is 4.79 Å². The Hall–Kier alpha value is -1.36. The number of aryl methyl sites for hydroxylation is 2. The quantitative estimate of drug-likeness (QED) is 0.813. The summed E-state index contributed by atoms with van der Waals surface area (Å²) in [7, 11) is 0. The van der Waals surface area contributed by atoms with Crippen LogP contribution in [0, 0.1) is 13.8 Å². The number of hydrogen-bond acceptors (Lipinski definition) is 4. The first kappa shape index (κ1) is 12.7.